The van der Waals surface area contributed by atoms with E-state index in [1.807, 2.05) is 0 Å². The highest BCUT2D eigenvalue weighted by Gasteiger charge is 2.24. The summed E-state index contributed by atoms with van der Waals surface area (Å²) in [6.45, 7) is 7.05. The number of hydrogen-bond donors (Lipinski definition) is 2. The quantitative estimate of drug-likeness (QED) is 0.698. The number of carbonyl (C=O) groups is 1. The van der Waals surface area contributed by atoms with Gasteiger partial charge in [-0.15, -0.1) is 0 Å². The minimum Gasteiger partial charge on any atom is -0.481 e. The molecule has 1 heterocycles. The van der Waals surface area contributed by atoms with Gasteiger partial charge in [0.2, 0.25) is 0 Å². The molecule has 1 saturated heterocycles. The second-order valence-corrected chi connectivity index (χ2v) is 4.14. The normalized spacial score (nSPS) is 24.9. The maximum atomic E-state index is 10.7. The Morgan fingerprint density at radius 1 is 1.64 bits per heavy atom. The summed E-state index contributed by atoms with van der Waals surface area (Å²) >= 11 is 0. The van der Waals surface area contributed by atoms with Gasteiger partial charge in [0, 0.05) is 18.6 Å². The van der Waals surface area contributed by atoms with Gasteiger partial charge in [0.15, 0.2) is 0 Å². The molecule has 1 aliphatic rings. The van der Waals surface area contributed by atoms with Crippen LogP contribution in [0.4, 0.5) is 0 Å². The molecular weight excluding hydrogens is 180 g/mol. The lowest BCUT2D eigenvalue weighted by Crippen LogP contribution is -2.44. The topological polar surface area (TPSA) is 52.6 Å². The first kappa shape index (κ1) is 11.5. The van der Waals surface area contributed by atoms with Gasteiger partial charge in [0.1, 0.15) is 0 Å². The Bertz CT molecular complexity index is 195. The van der Waals surface area contributed by atoms with Crippen molar-refractivity contribution in [1.29, 1.82) is 0 Å². The highest BCUT2D eigenvalue weighted by atomic mass is 16.4. The molecule has 1 unspecified atom stereocenters. The van der Waals surface area contributed by atoms with Gasteiger partial charge in [0.25, 0.3) is 0 Å². The lowest BCUT2D eigenvalue weighted by Gasteiger charge is -2.32. The fraction of sp³-hybridized carbons (Fsp3) is 0.900. The van der Waals surface area contributed by atoms with Crippen molar-refractivity contribution in [2.24, 2.45) is 0 Å². The molecule has 2 N–H and O–H groups in total. The van der Waals surface area contributed by atoms with Gasteiger partial charge in [0.05, 0.1) is 6.42 Å². The number of nitrogens with zero attached hydrogens (tertiary/aromatic N) is 1. The molecule has 82 valence electrons. The molecule has 1 rings (SSSR count). The lowest BCUT2D eigenvalue weighted by molar-refractivity contribution is -0.138. The average molecular weight is 200 g/mol. The zero-order valence-corrected chi connectivity index (χ0v) is 8.99. The predicted molar refractivity (Wildman–Crippen MR) is 55.4 cm³/mol. The van der Waals surface area contributed by atoms with E-state index in [1.165, 1.54) is 0 Å². The van der Waals surface area contributed by atoms with Crippen LogP contribution in [0.5, 0.6) is 0 Å². The van der Waals surface area contributed by atoms with E-state index in [4.69, 9.17) is 5.11 Å². The van der Waals surface area contributed by atoms with Crippen LogP contribution >= 0.6 is 0 Å². The fourth-order valence-corrected chi connectivity index (χ4v) is 2.03. The molecule has 0 amide bonds. The first-order valence-corrected chi connectivity index (χ1v) is 5.29. The average Bonchev–Trinajstić information content (AvgIpc) is 2.28. The van der Waals surface area contributed by atoms with Crippen LogP contribution in [0, 0.1) is 0 Å². The van der Waals surface area contributed by atoms with Crippen LogP contribution in [-0.4, -0.2) is 47.7 Å². The van der Waals surface area contributed by atoms with E-state index in [1.54, 1.807) is 0 Å². The van der Waals surface area contributed by atoms with Crippen molar-refractivity contribution in [3.05, 3.63) is 0 Å². The Labute approximate surface area is 85.3 Å². The molecule has 0 saturated carbocycles. The molecule has 0 spiro atoms. The number of carboxylic acid groups (broad SMARTS) is 1. The van der Waals surface area contributed by atoms with Crippen LogP contribution in [0.25, 0.3) is 0 Å². The Balaban J connectivity index is 2.58. The first-order valence-electron chi connectivity index (χ1n) is 5.29. The second-order valence-electron chi connectivity index (χ2n) is 4.14. The molecule has 0 radical (unpaired) electrons. The number of nitrogens with one attached hydrogen (secondary N) is 1. The molecule has 1 atom stereocenters. The van der Waals surface area contributed by atoms with Gasteiger partial charge < -0.3 is 10.4 Å². The van der Waals surface area contributed by atoms with Crippen molar-refractivity contribution in [3.63, 3.8) is 0 Å². The van der Waals surface area contributed by atoms with Gasteiger partial charge in [-0.2, -0.15) is 0 Å². The highest BCUT2D eigenvalue weighted by molar-refractivity contribution is 5.67. The van der Waals surface area contributed by atoms with Crippen LogP contribution in [-0.2, 0) is 4.79 Å². The third kappa shape index (κ3) is 3.27. The van der Waals surface area contributed by atoms with Gasteiger partial charge in [-0.3, -0.25) is 9.69 Å². The van der Waals surface area contributed by atoms with Crippen LogP contribution in [0.2, 0.25) is 0 Å². The van der Waals surface area contributed by atoms with E-state index in [0.717, 1.165) is 26.1 Å². The Hall–Kier alpha value is -0.610. The zero-order valence-electron chi connectivity index (χ0n) is 8.99. The molecular formula is C10H20N2O2. The maximum absolute atomic E-state index is 10.7. The highest BCUT2D eigenvalue weighted by Crippen LogP contribution is 2.11. The molecule has 0 aromatic rings. The molecule has 4 heteroatoms. The molecule has 0 aliphatic carbocycles. The van der Waals surface area contributed by atoms with E-state index < -0.39 is 5.97 Å². The summed E-state index contributed by atoms with van der Waals surface area (Å²) in [5.41, 5.74) is 0. The van der Waals surface area contributed by atoms with Crippen LogP contribution in [0.15, 0.2) is 0 Å². The summed E-state index contributed by atoms with van der Waals surface area (Å²) in [5.74, 6) is -0.704. The molecule has 4 nitrogen and oxygen atoms in total. The number of carboxylic acids is 1. The summed E-state index contributed by atoms with van der Waals surface area (Å²) < 4.78 is 0. The van der Waals surface area contributed by atoms with Gasteiger partial charge in [-0.1, -0.05) is 0 Å². The summed E-state index contributed by atoms with van der Waals surface area (Å²) in [5, 5.41) is 12.1. The van der Waals surface area contributed by atoms with E-state index >= 15 is 0 Å². The summed E-state index contributed by atoms with van der Waals surface area (Å²) in [6.07, 6.45) is 1.35. The fourth-order valence-electron chi connectivity index (χ4n) is 2.03. The molecule has 14 heavy (non-hydrogen) atoms. The van der Waals surface area contributed by atoms with Crippen LogP contribution < -0.4 is 5.32 Å². The predicted octanol–water partition coefficient (Wildman–Crippen LogP) is 0.533. The van der Waals surface area contributed by atoms with Crippen molar-refractivity contribution in [2.75, 3.05) is 19.6 Å². The van der Waals surface area contributed by atoms with Gasteiger partial charge >= 0.3 is 5.97 Å². The van der Waals surface area contributed by atoms with Gasteiger partial charge in [-0.25, -0.2) is 0 Å². The van der Waals surface area contributed by atoms with E-state index in [9.17, 15) is 4.79 Å². The van der Waals surface area contributed by atoms with E-state index in [0.29, 0.717) is 6.04 Å². The molecule has 1 fully saturated rings. The largest absolute Gasteiger partial charge is 0.481 e. The van der Waals surface area contributed by atoms with Gasteiger partial charge in [-0.05, 0) is 33.4 Å². The Morgan fingerprint density at radius 3 is 2.93 bits per heavy atom. The van der Waals surface area contributed by atoms with Crippen LogP contribution in [0.1, 0.15) is 26.7 Å². The van der Waals surface area contributed by atoms with E-state index in [2.05, 4.69) is 24.1 Å². The first-order chi connectivity index (χ1) is 6.61. The summed E-state index contributed by atoms with van der Waals surface area (Å²) in [6, 6.07) is 0.578. The van der Waals surface area contributed by atoms with E-state index in [-0.39, 0.29) is 12.5 Å². The van der Waals surface area contributed by atoms with Crippen molar-refractivity contribution in [2.45, 2.75) is 38.8 Å². The molecule has 0 aromatic heterocycles. The summed E-state index contributed by atoms with van der Waals surface area (Å²) in [7, 11) is 0. The minimum atomic E-state index is -0.704. The van der Waals surface area contributed by atoms with Crippen molar-refractivity contribution < 1.29 is 9.90 Å². The van der Waals surface area contributed by atoms with Crippen molar-refractivity contribution in [1.82, 2.24) is 10.2 Å². The minimum absolute atomic E-state index is 0.148. The zero-order chi connectivity index (χ0) is 10.6. The molecule has 0 bridgehead atoms. The molecule has 1 aliphatic heterocycles. The third-order valence-corrected chi connectivity index (χ3v) is 2.69. The number of rotatable bonds is 3. The van der Waals surface area contributed by atoms with Crippen LogP contribution in [0.3, 0.4) is 0 Å². The lowest BCUT2D eigenvalue weighted by atomic mass is 10.1. The third-order valence-electron chi connectivity index (χ3n) is 2.69. The second kappa shape index (κ2) is 5.32. The van der Waals surface area contributed by atoms with Crippen molar-refractivity contribution in [3.8, 4) is 0 Å². The van der Waals surface area contributed by atoms with Crippen molar-refractivity contribution >= 4 is 5.97 Å². The summed E-state index contributed by atoms with van der Waals surface area (Å²) in [4.78, 5) is 13.0. The Kier molecular flexibility index (Phi) is 4.35. The Morgan fingerprint density at radius 2 is 2.36 bits per heavy atom. The number of hydrogen-bond acceptors (Lipinski definition) is 3. The SMILES string of the molecule is CC(C)N1CCCNCC1CC(=O)O. The monoisotopic (exact) mass is 200 g/mol. The standard InChI is InChI=1S/C10H20N2O2/c1-8(2)12-5-3-4-11-7-9(12)6-10(13)14/h8-9,11H,3-7H2,1-2H3,(H,13,14). The molecule has 0 aromatic carbocycles. The smallest absolute Gasteiger partial charge is 0.304 e. The maximum Gasteiger partial charge on any atom is 0.304 e. The number of aliphatic carboxylic acids is 1.